The fourth-order valence-electron chi connectivity index (χ4n) is 2.94. The third-order valence-electron chi connectivity index (χ3n) is 4.26. The number of methoxy groups -OCH3 is 2. The lowest BCUT2D eigenvalue weighted by Gasteiger charge is -2.16. The van der Waals surface area contributed by atoms with Gasteiger partial charge in [-0.15, -0.1) is 30.6 Å². The first kappa shape index (κ1) is 24.7. The number of nitrogens with zero attached hydrogens (tertiary/aromatic N) is 1. The molecule has 2 rings (SSSR count). The number of halogens is 2. The van der Waals surface area contributed by atoms with Crippen molar-refractivity contribution in [2.75, 3.05) is 27.8 Å². The summed E-state index contributed by atoms with van der Waals surface area (Å²) in [6.07, 6.45) is 3.23. The van der Waals surface area contributed by atoms with Crippen molar-refractivity contribution < 1.29 is 13.9 Å². The summed E-state index contributed by atoms with van der Waals surface area (Å²) in [6, 6.07) is 10.6. The van der Waals surface area contributed by atoms with Crippen LogP contribution in [0.2, 0.25) is 0 Å². The van der Waals surface area contributed by atoms with E-state index in [0.29, 0.717) is 37.6 Å². The van der Waals surface area contributed by atoms with Gasteiger partial charge in [0, 0.05) is 25.7 Å². The van der Waals surface area contributed by atoms with Gasteiger partial charge in [0.2, 0.25) is 0 Å². The van der Waals surface area contributed by atoms with Crippen molar-refractivity contribution in [3.63, 3.8) is 0 Å². The Hall–Kier alpha value is -2.29. The molecule has 0 radical (unpaired) electrons. The van der Waals surface area contributed by atoms with Crippen molar-refractivity contribution in [2.24, 2.45) is 4.99 Å². The number of hydrogen-bond donors (Lipinski definition) is 2. The topological polar surface area (TPSA) is 54.9 Å². The van der Waals surface area contributed by atoms with E-state index < -0.39 is 0 Å². The molecule has 0 spiro atoms. The molecule has 2 aromatic rings. The minimum atomic E-state index is -0.219. The minimum absolute atomic E-state index is 0. The van der Waals surface area contributed by atoms with Crippen LogP contribution in [0.25, 0.3) is 0 Å². The number of guanidine groups is 1. The molecular weight excluding hydrogens is 484 g/mol. The van der Waals surface area contributed by atoms with E-state index in [0.717, 1.165) is 22.4 Å². The molecule has 0 unspecified atom stereocenters. The van der Waals surface area contributed by atoms with Gasteiger partial charge in [0.25, 0.3) is 0 Å². The first-order valence-corrected chi connectivity index (χ1v) is 9.14. The van der Waals surface area contributed by atoms with E-state index in [1.54, 1.807) is 33.4 Å². The molecule has 2 N–H and O–H groups in total. The van der Waals surface area contributed by atoms with Crippen LogP contribution < -0.4 is 20.1 Å². The fourth-order valence-corrected chi connectivity index (χ4v) is 2.94. The highest BCUT2D eigenvalue weighted by Crippen LogP contribution is 2.33. The second kappa shape index (κ2) is 13.0. The number of benzene rings is 2. The zero-order valence-electron chi connectivity index (χ0n) is 17.1. The van der Waals surface area contributed by atoms with E-state index in [4.69, 9.17) is 9.47 Å². The summed E-state index contributed by atoms with van der Waals surface area (Å²) in [6.45, 7) is 5.03. The van der Waals surface area contributed by atoms with Gasteiger partial charge >= 0.3 is 0 Å². The summed E-state index contributed by atoms with van der Waals surface area (Å²) in [5.74, 6) is 1.87. The highest BCUT2D eigenvalue weighted by atomic mass is 127. The SMILES string of the molecule is C=CCc1cc(CNC(=NC)NCCc2cccc(F)c2)cc(OC)c1OC.I. The van der Waals surface area contributed by atoms with E-state index in [2.05, 4.69) is 28.3 Å². The van der Waals surface area contributed by atoms with Crippen LogP contribution in [0.4, 0.5) is 4.39 Å². The number of hydrogen-bond acceptors (Lipinski definition) is 3. The Morgan fingerprint density at radius 2 is 1.93 bits per heavy atom. The average Bonchev–Trinajstić information content (AvgIpc) is 2.70. The number of nitrogens with one attached hydrogen (secondary N) is 2. The molecule has 7 heteroatoms. The monoisotopic (exact) mass is 513 g/mol. The predicted octanol–water partition coefficient (Wildman–Crippen LogP) is 4.10. The van der Waals surface area contributed by atoms with Crippen LogP contribution in [-0.2, 0) is 19.4 Å². The lowest BCUT2D eigenvalue weighted by molar-refractivity contribution is 0.352. The number of aliphatic imine (C=N–C) groups is 1. The van der Waals surface area contributed by atoms with Gasteiger partial charge in [-0.05, 0) is 48.2 Å². The maximum Gasteiger partial charge on any atom is 0.191 e. The Morgan fingerprint density at radius 3 is 2.55 bits per heavy atom. The third-order valence-corrected chi connectivity index (χ3v) is 4.26. The number of allylic oxidation sites excluding steroid dienone is 1. The zero-order chi connectivity index (χ0) is 20.4. The van der Waals surface area contributed by atoms with Crippen molar-refractivity contribution in [3.8, 4) is 11.5 Å². The molecule has 0 saturated carbocycles. The van der Waals surface area contributed by atoms with Crippen LogP contribution in [0.15, 0.2) is 54.0 Å². The van der Waals surface area contributed by atoms with Crippen LogP contribution in [0, 0.1) is 5.82 Å². The zero-order valence-corrected chi connectivity index (χ0v) is 19.5. The smallest absolute Gasteiger partial charge is 0.191 e. The molecule has 5 nitrogen and oxygen atoms in total. The minimum Gasteiger partial charge on any atom is -0.493 e. The molecule has 0 amide bonds. The molecule has 2 aromatic carbocycles. The summed E-state index contributed by atoms with van der Waals surface area (Å²) < 4.78 is 24.2. The molecule has 0 atom stereocenters. The van der Waals surface area contributed by atoms with Gasteiger partial charge in [0.15, 0.2) is 17.5 Å². The molecule has 0 aromatic heterocycles. The Balaban J connectivity index is 0.00000420. The van der Waals surface area contributed by atoms with Gasteiger partial charge in [-0.2, -0.15) is 0 Å². The predicted molar refractivity (Wildman–Crippen MR) is 127 cm³/mol. The standard InChI is InChI=1S/C22H28FN3O2.HI/c1-5-7-18-12-17(14-20(27-3)21(18)28-4)15-26-22(24-2)25-11-10-16-8-6-9-19(23)13-16;/h5-6,8-9,12-14H,1,7,10-11,15H2,2-4H3,(H2,24,25,26);1H. The molecule has 0 aliphatic carbocycles. The summed E-state index contributed by atoms with van der Waals surface area (Å²) in [5, 5.41) is 6.53. The molecule has 29 heavy (non-hydrogen) atoms. The van der Waals surface area contributed by atoms with Crippen LogP contribution in [0.3, 0.4) is 0 Å². The third kappa shape index (κ3) is 7.56. The fraction of sp³-hybridized carbons (Fsp3) is 0.318. The molecule has 0 bridgehead atoms. The lowest BCUT2D eigenvalue weighted by atomic mass is 10.1. The molecule has 0 saturated heterocycles. The Labute approximate surface area is 189 Å². The van der Waals surface area contributed by atoms with E-state index >= 15 is 0 Å². The van der Waals surface area contributed by atoms with Gasteiger partial charge in [0.1, 0.15) is 5.82 Å². The van der Waals surface area contributed by atoms with E-state index in [-0.39, 0.29) is 29.8 Å². The highest BCUT2D eigenvalue weighted by Gasteiger charge is 2.12. The summed E-state index contributed by atoms with van der Waals surface area (Å²) >= 11 is 0. The van der Waals surface area contributed by atoms with E-state index in [9.17, 15) is 4.39 Å². The maximum atomic E-state index is 13.2. The number of rotatable bonds is 9. The van der Waals surface area contributed by atoms with Crippen molar-refractivity contribution in [1.29, 1.82) is 0 Å². The second-order valence-electron chi connectivity index (χ2n) is 6.22. The normalized spacial score (nSPS) is 10.7. The van der Waals surface area contributed by atoms with Crippen molar-refractivity contribution in [3.05, 3.63) is 71.6 Å². The number of ether oxygens (including phenoxy) is 2. The van der Waals surface area contributed by atoms with Crippen molar-refractivity contribution in [1.82, 2.24) is 10.6 Å². The molecule has 0 aliphatic heterocycles. The van der Waals surface area contributed by atoms with E-state index in [1.807, 2.05) is 18.2 Å². The van der Waals surface area contributed by atoms with E-state index in [1.165, 1.54) is 6.07 Å². The summed E-state index contributed by atoms with van der Waals surface area (Å²) in [5.41, 5.74) is 3.00. The van der Waals surface area contributed by atoms with Gasteiger partial charge in [-0.25, -0.2) is 4.39 Å². The Kier molecular flexibility index (Phi) is 11.1. The van der Waals surface area contributed by atoms with Crippen LogP contribution in [0.1, 0.15) is 16.7 Å². The van der Waals surface area contributed by atoms with Crippen LogP contribution in [0.5, 0.6) is 11.5 Å². The first-order valence-electron chi connectivity index (χ1n) is 9.14. The quantitative estimate of drug-likeness (QED) is 0.230. The molecule has 158 valence electrons. The Bertz CT molecular complexity index is 828. The molecular formula is C22H29FIN3O2. The largest absolute Gasteiger partial charge is 0.493 e. The van der Waals surface area contributed by atoms with Crippen molar-refractivity contribution in [2.45, 2.75) is 19.4 Å². The van der Waals surface area contributed by atoms with Crippen molar-refractivity contribution >= 4 is 29.9 Å². The van der Waals surface area contributed by atoms with Crippen LogP contribution in [-0.4, -0.2) is 33.8 Å². The maximum absolute atomic E-state index is 13.2. The van der Waals surface area contributed by atoms with Gasteiger partial charge < -0.3 is 20.1 Å². The van der Waals surface area contributed by atoms with Gasteiger partial charge in [0.05, 0.1) is 14.2 Å². The molecule has 0 aliphatic rings. The lowest BCUT2D eigenvalue weighted by Crippen LogP contribution is -2.37. The van der Waals surface area contributed by atoms with Gasteiger partial charge in [-0.3, -0.25) is 4.99 Å². The average molecular weight is 513 g/mol. The van der Waals surface area contributed by atoms with Gasteiger partial charge in [-0.1, -0.05) is 18.2 Å². The summed E-state index contributed by atoms with van der Waals surface area (Å²) in [7, 11) is 4.97. The summed E-state index contributed by atoms with van der Waals surface area (Å²) in [4.78, 5) is 4.24. The highest BCUT2D eigenvalue weighted by molar-refractivity contribution is 14.0. The first-order chi connectivity index (χ1) is 13.6. The second-order valence-corrected chi connectivity index (χ2v) is 6.22. The molecule has 0 fully saturated rings. The van der Waals surface area contributed by atoms with Crippen LogP contribution >= 0.6 is 24.0 Å². The molecule has 0 heterocycles. The Morgan fingerprint density at radius 1 is 1.14 bits per heavy atom.